The smallest absolute Gasteiger partial charge is 0.218 e. The third kappa shape index (κ3) is 5.24. The fraction of sp³-hybridized carbons (Fsp3) is 0.474. The van der Waals surface area contributed by atoms with Crippen LogP contribution < -0.4 is 15.4 Å². The number of nitrogens with one attached hydrogen (secondary N) is 2. The first kappa shape index (κ1) is 17.3. The number of aromatic nitrogens is 1. The molecule has 1 aliphatic rings. The van der Waals surface area contributed by atoms with Gasteiger partial charge in [0.1, 0.15) is 11.9 Å². The van der Waals surface area contributed by atoms with Gasteiger partial charge in [0.05, 0.1) is 6.26 Å². The van der Waals surface area contributed by atoms with Crippen molar-refractivity contribution in [1.82, 2.24) is 15.6 Å². The van der Waals surface area contributed by atoms with Gasteiger partial charge in [0.15, 0.2) is 5.96 Å². The highest BCUT2D eigenvalue weighted by Crippen LogP contribution is 2.24. The molecule has 3 rings (SSSR count). The van der Waals surface area contributed by atoms with Crippen molar-refractivity contribution in [2.45, 2.75) is 44.8 Å². The van der Waals surface area contributed by atoms with E-state index < -0.39 is 0 Å². The normalized spacial score (nSPS) is 15.3. The molecule has 6 heteroatoms. The largest absolute Gasteiger partial charge is 0.474 e. The summed E-state index contributed by atoms with van der Waals surface area (Å²) in [5.74, 6) is 2.44. The van der Waals surface area contributed by atoms with Crippen LogP contribution in [0, 0.1) is 0 Å². The molecule has 2 N–H and O–H groups in total. The maximum atomic E-state index is 6.08. The van der Waals surface area contributed by atoms with Crippen molar-refractivity contribution in [3.05, 3.63) is 48.0 Å². The van der Waals surface area contributed by atoms with Crippen LogP contribution in [0.5, 0.6) is 5.88 Å². The second-order valence-electron chi connectivity index (χ2n) is 6.17. The molecule has 0 aliphatic heterocycles. The lowest BCUT2D eigenvalue weighted by Crippen LogP contribution is -2.38. The zero-order valence-corrected chi connectivity index (χ0v) is 14.7. The molecule has 0 bridgehead atoms. The quantitative estimate of drug-likeness (QED) is 0.598. The summed E-state index contributed by atoms with van der Waals surface area (Å²) in [4.78, 5) is 8.66. The van der Waals surface area contributed by atoms with Crippen molar-refractivity contribution in [3.8, 4) is 5.88 Å². The fourth-order valence-corrected chi connectivity index (χ4v) is 2.99. The Hall–Kier alpha value is -2.50. The number of rotatable bonds is 7. The van der Waals surface area contributed by atoms with E-state index in [0.29, 0.717) is 12.6 Å². The molecule has 0 atom stereocenters. The molecule has 6 nitrogen and oxygen atoms in total. The molecule has 25 heavy (non-hydrogen) atoms. The van der Waals surface area contributed by atoms with E-state index in [2.05, 4.69) is 20.6 Å². The summed E-state index contributed by atoms with van der Waals surface area (Å²) in [5, 5.41) is 6.61. The zero-order chi connectivity index (χ0) is 17.3. The summed E-state index contributed by atoms with van der Waals surface area (Å²) >= 11 is 0. The third-order valence-electron chi connectivity index (χ3n) is 4.34. The molecule has 1 aliphatic carbocycles. The van der Waals surface area contributed by atoms with Gasteiger partial charge < -0.3 is 19.8 Å². The van der Waals surface area contributed by atoms with E-state index in [0.717, 1.165) is 49.0 Å². The Bertz CT molecular complexity index is 664. The highest BCUT2D eigenvalue weighted by Gasteiger charge is 2.18. The molecule has 2 aromatic heterocycles. The van der Waals surface area contributed by atoms with Gasteiger partial charge in [-0.05, 0) is 43.9 Å². The van der Waals surface area contributed by atoms with Crippen LogP contribution in [-0.4, -0.2) is 30.6 Å². The molecule has 0 amide bonds. The number of ether oxygens (including phenoxy) is 1. The standard InChI is InChI=1S/C19H26N4O2/c1-20-19(22-12-10-16-9-5-13-24-16)23-14-15-6-4-11-21-18(15)25-17-7-2-3-8-17/h4-6,9,11,13,17H,2-3,7-8,10,12,14H2,1H3,(H2,20,22,23). The van der Waals surface area contributed by atoms with Gasteiger partial charge in [-0.15, -0.1) is 0 Å². The molecule has 1 saturated carbocycles. The van der Waals surface area contributed by atoms with Crippen LogP contribution in [0.4, 0.5) is 0 Å². The van der Waals surface area contributed by atoms with Crippen LogP contribution in [-0.2, 0) is 13.0 Å². The lowest BCUT2D eigenvalue weighted by Gasteiger charge is -2.16. The summed E-state index contributed by atoms with van der Waals surface area (Å²) in [7, 11) is 1.77. The molecule has 1 fully saturated rings. The summed E-state index contributed by atoms with van der Waals surface area (Å²) < 4.78 is 11.4. The maximum absolute atomic E-state index is 6.08. The van der Waals surface area contributed by atoms with Gasteiger partial charge in [-0.25, -0.2) is 4.98 Å². The molecule has 0 spiro atoms. The first-order valence-corrected chi connectivity index (χ1v) is 8.92. The zero-order valence-electron chi connectivity index (χ0n) is 14.7. The number of furan rings is 1. The van der Waals surface area contributed by atoms with Crippen molar-refractivity contribution in [2.24, 2.45) is 4.99 Å². The second kappa shape index (κ2) is 9.11. The Morgan fingerprint density at radius 3 is 2.92 bits per heavy atom. The highest BCUT2D eigenvalue weighted by atomic mass is 16.5. The lowest BCUT2D eigenvalue weighted by molar-refractivity contribution is 0.199. The van der Waals surface area contributed by atoms with Gasteiger partial charge in [-0.2, -0.15) is 0 Å². The van der Waals surface area contributed by atoms with Crippen molar-refractivity contribution in [1.29, 1.82) is 0 Å². The van der Waals surface area contributed by atoms with Gasteiger partial charge in [0, 0.05) is 38.3 Å². The fourth-order valence-electron chi connectivity index (χ4n) is 2.99. The van der Waals surface area contributed by atoms with Gasteiger partial charge in [-0.1, -0.05) is 6.07 Å². The van der Waals surface area contributed by atoms with E-state index in [4.69, 9.17) is 9.15 Å². The molecule has 0 saturated heterocycles. The minimum atomic E-state index is 0.305. The Morgan fingerprint density at radius 1 is 1.28 bits per heavy atom. The molecular formula is C19H26N4O2. The van der Waals surface area contributed by atoms with Gasteiger partial charge in [0.25, 0.3) is 0 Å². The molecular weight excluding hydrogens is 316 g/mol. The van der Waals surface area contributed by atoms with Crippen molar-refractivity contribution in [3.63, 3.8) is 0 Å². The first-order chi connectivity index (χ1) is 12.3. The maximum Gasteiger partial charge on any atom is 0.218 e. The Labute approximate surface area is 148 Å². The van der Waals surface area contributed by atoms with Crippen molar-refractivity contribution < 1.29 is 9.15 Å². The van der Waals surface area contributed by atoms with Crippen LogP contribution in [0.3, 0.4) is 0 Å². The van der Waals surface area contributed by atoms with E-state index in [1.54, 1.807) is 19.5 Å². The number of hydrogen-bond acceptors (Lipinski definition) is 4. The minimum Gasteiger partial charge on any atom is -0.474 e. The molecule has 2 aromatic rings. The van der Waals surface area contributed by atoms with Gasteiger partial charge in [0.2, 0.25) is 5.88 Å². The molecule has 134 valence electrons. The molecule has 2 heterocycles. The van der Waals surface area contributed by atoms with Crippen LogP contribution >= 0.6 is 0 Å². The van der Waals surface area contributed by atoms with Crippen molar-refractivity contribution >= 4 is 5.96 Å². The van der Waals surface area contributed by atoms with E-state index in [1.807, 2.05) is 24.3 Å². The number of hydrogen-bond donors (Lipinski definition) is 2. The molecule has 0 unspecified atom stereocenters. The topological polar surface area (TPSA) is 71.7 Å². The van der Waals surface area contributed by atoms with E-state index in [9.17, 15) is 0 Å². The second-order valence-corrected chi connectivity index (χ2v) is 6.17. The predicted molar refractivity (Wildman–Crippen MR) is 97.7 cm³/mol. The van der Waals surface area contributed by atoms with Crippen LogP contribution in [0.1, 0.15) is 37.0 Å². The average molecular weight is 342 g/mol. The Balaban J connectivity index is 1.49. The van der Waals surface area contributed by atoms with Gasteiger partial charge >= 0.3 is 0 Å². The highest BCUT2D eigenvalue weighted by molar-refractivity contribution is 5.79. The number of guanidine groups is 1. The van der Waals surface area contributed by atoms with Crippen molar-refractivity contribution in [2.75, 3.05) is 13.6 Å². The van der Waals surface area contributed by atoms with E-state index >= 15 is 0 Å². The third-order valence-corrected chi connectivity index (χ3v) is 4.34. The Morgan fingerprint density at radius 2 is 2.16 bits per heavy atom. The SMILES string of the molecule is CN=C(NCCc1ccco1)NCc1cccnc1OC1CCCC1. The van der Waals surface area contributed by atoms with Crippen LogP contribution in [0.2, 0.25) is 0 Å². The number of nitrogens with zero attached hydrogens (tertiary/aromatic N) is 2. The summed E-state index contributed by atoms with van der Waals surface area (Å²) in [5.41, 5.74) is 1.04. The molecule has 0 radical (unpaired) electrons. The van der Waals surface area contributed by atoms with E-state index in [1.165, 1.54) is 12.8 Å². The molecule has 0 aromatic carbocycles. The Kier molecular flexibility index (Phi) is 6.31. The first-order valence-electron chi connectivity index (χ1n) is 8.92. The number of aliphatic imine (C=N–C) groups is 1. The number of pyridine rings is 1. The van der Waals surface area contributed by atoms with E-state index in [-0.39, 0.29) is 0 Å². The summed E-state index contributed by atoms with van der Waals surface area (Å²) in [6, 6.07) is 7.85. The predicted octanol–water partition coefficient (Wildman–Crippen LogP) is 2.90. The monoisotopic (exact) mass is 342 g/mol. The van der Waals surface area contributed by atoms with Gasteiger partial charge in [-0.3, -0.25) is 4.99 Å². The lowest BCUT2D eigenvalue weighted by atomic mass is 10.2. The summed E-state index contributed by atoms with van der Waals surface area (Å²) in [6.45, 7) is 1.38. The average Bonchev–Trinajstić information content (AvgIpc) is 3.33. The van der Waals surface area contributed by atoms with Crippen LogP contribution in [0.15, 0.2) is 46.1 Å². The summed E-state index contributed by atoms with van der Waals surface area (Å²) in [6.07, 6.45) is 9.34. The van der Waals surface area contributed by atoms with Crippen LogP contribution in [0.25, 0.3) is 0 Å². The minimum absolute atomic E-state index is 0.305.